The minimum atomic E-state index is -0.359. The van der Waals surface area contributed by atoms with Gasteiger partial charge in [0.2, 0.25) is 5.91 Å². The number of halogens is 1. The van der Waals surface area contributed by atoms with E-state index in [0.29, 0.717) is 6.42 Å². The first kappa shape index (κ1) is 14.8. The van der Waals surface area contributed by atoms with Crippen LogP contribution in [0.3, 0.4) is 0 Å². The molecular weight excluding hydrogens is 379 g/mol. The number of rotatable bonds is 2. The van der Waals surface area contributed by atoms with Crippen LogP contribution in [-0.4, -0.2) is 35.3 Å². The van der Waals surface area contributed by atoms with E-state index in [-0.39, 0.29) is 23.9 Å². The Balaban J connectivity index is 2.03. The second-order valence-electron chi connectivity index (χ2n) is 5.63. The van der Waals surface area contributed by atoms with Gasteiger partial charge >= 0.3 is 0 Å². The normalized spacial score (nSPS) is 26.0. The van der Waals surface area contributed by atoms with Crippen LogP contribution in [0.5, 0.6) is 0 Å². The summed E-state index contributed by atoms with van der Waals surface area (Å²) in [6.45, 7) is 2.70. The Labute approximate surface area is 138 Å². The number of hydrogen-bond acceptors (Lipinski definition) is 2. The zero-order valence-electron chi connectivity index (χ0n) is 12.1. The van der Waals surface area contributed by atoms with E-state index in [4.69, 9.17) is 0 Å². The largest absolute Gasteiger partial charge is 0.329 e. The van der Waals surface area contributed by atoms with Crippen LogP contribution >= 0.6 is 22.6 Å². The van der Waals surface area contributed by atoms with Crippen molar-refractivity contribution in [2.45, 2.75) is 44.7 Å². The summed E-state index contributed by atoms with van der Waals surface area (Å²) >= 11 is 2.24. The van der Waals surface area contributed by atoms with Crippen molar-refractivity contribution in [3.63, 3.8) is 0 Å². The van der Waals surface area contributed by atoms with Crippen molar-refractivity contribution in [3.8, 4) is 0 Å². The van der Waals surface area contributed by atoms with Crippen molar-refractivity contribution < 1.29 is 9.59 Å². The number of piperidine rings is 1. The van der Waals surface area contributed by atoms with Crippen LogP contribution in [0.15, 0.2) is 24.3 Å². The zero-order valence-corrected chi connectivity index (χ0v) is 14.2. The summed E-state index contributed by atoms with van der Waals surface area (Å²) in [5, 5.41) is 0. The van der Waals surface area contributed by atoms with E-state index < -0.39 is 0 Å². The fraction of sp³-hybridized carbons (Fsp3) is 0.500. The van der Waals surface area contributed by atoms with Gasteiger partial charge in [0.15, 0.2) is 0 Å². The molecule has 0 aliphatic carbocycles. The summed E-state index contributed by atoms with van der Waals surface area (Å²) in [5.74, 6) is 0.201. The molecule has 0 bridgehead atoms. The number of nitrogens with zero attached hydrogens (tertiary/aromatic N) is 2. The molecule has 0 spiro atoms. The van der Waals surface area contributed by atoms with Gasteiger partial charge in [-0.05, 0) is 60.4 Å². The maximum absolute atomic E-state index is 13.0. The summed E-state index contributed by atoms with van der Waals surface area (Å²) in [5.41, 5.74) is 0.869. The third-order valence-electron chi connectivity index (χ3n) is 4.40. The highest BCUT2D eigenvalue weighted by Crippen LogP contribution is 2.33. The van der Waals surface area contributed by atoms with Crippen molar-refractivity contribution in [2.24, 2.45) is 0 Å². The van der Waals surface area contributed by atoms with Crippen LogP contribution in [0.2, 0.25) is 0 Å². The predicted octanol–water partition coefficient (Wildman–Crippen LogP) is 2.80. The molecule has 1 aromatic carbocycles. The van der Waals surface area contributed by atoms with Gasteiger partial charge in [0.1, 0.15) is 12.1 Å². The molecule has 2 aliphatic heterocycles. The number of carbonyl (C=O) groups excluding carboxylic acids is 2. The molecule has 0 saturated carbocycles. The highest BCUT2D eigenvalue weighted by atomic mass is 127. The van der Waals surface area contributed by atoms with Gasteiger partial charge in [0.25, 0.3) is 5.91 Å². The molecule has 2 saturated heterocycles. The number of amides is 2. The number of anilines is 1. The molecule has 4 nitrogen and oxygen atoms in total. The minimum Gasteiger partial charge on any atom is -0.329 e. The van der Waals surface area contributed by atoms with Crippen molar-refractivity contribution in [1.29, 1.82) is 0 Å². The van der Waals surface area contributed by atoms with E-state index in [2.05, 4.69) is 22.6 Å². The molecule has 2 amide bonds. The fourth-order valence-electron chi connectivity index (χ4n) is 3.36. The third kappa shape index (κ3) is 2.45. The van der Waals surface area contributed by atoms with Crippen LogP contribution < -0.4 is 4.90 Å². The maximum Gasteiger partial charge on any atom is 0.250 e. The van der Waals surface area contributed by atoms with Gasteiger partial charge in [-0.15, -0.1) is 0 Å². The molecule has 3 rings (SSSR count). The fourth-order valence-corrected chi connectivity index (χ4v) is 4.01. The number of benzene rings is 1. The Bertz CT molecular complexity index is 575. The van der Waals surface area contributed by atoms with E-state index in [1.54, 1.807) is 4.90 Å². The molecule has 2 fully saturated rings. The molecular formula is C16H19IN2O2. The Morgan fingerprint density at radius 1 is 1.19 bits per heavy atom. The van der Waals surface area contributed by atoms with Crippen LogP contribution in [-0.2, 0) is 9.59 Å². The molecule has 1 aromatic rings. The van der Waals surface area contributed by atoms with E-state index in [1.165, 1.54) is 0 Å². The minimum absolute atomic E-state index is 0.0882. The van der Waals surface area contributed by atoms with E-state index in [0.717, 1.165) is 35.1 Å². The summed E-state index contributed by atoms with van der Waals surface area (Å²) in [4.78, 5) is 29.3. The highest BCUT2D eigenvalue weighted by Gasteiger charge is 2.46. The molecule has 112 valence electrons. The number of para-hydroxylation sites is 1. The van der Waals surface area contributed by atoms with Crippen LogP contribution in [0.1, 0.15) is 32.6 Å². The Hall–Kier alpha value is -1.11. The van der Waals surface area contributed by atoms with Gasteiger partial charge in [-0.2, -0.15) is 0 Å². The molecule has 2 heterocycles. The summed E-state index contributed by atoms with van der Waals surface area (Å²) < 4.78 is 1.01. The van der Waals surface area contributed by atoms with Crippen LogP contribution in [0.25, 0.3) is 0 Å². The SMILES string of the molecule is CCC1C(=O)N2CCCCC2C(=O)N1c1ccccc1I. The van der Waals surface area contributed by atoms with Gasteiger partial charge in [-0.1, -0.05) is 19.1 Å². The molecule has 0 N–H and O–H groups in total. The Kier molecular flexibility index (Phi) is 4.19. The van der Waals surface area contributed by atoms with Crippen LogP contribution in [0, 0.1) is 3.57 Å². The second-order valence-corrected chi connectivity index (χ2v) is 6.79. The zero-order chi connectivity index (χ0) is 15.0. The third-order valence-corrected chi connectivity index (χ3v) is 5.32. The lowest BCUT2D eigenvalue weighted by Gasteiger charge is -2.47. The van der Waals surface area contributed by atoms with Gasteiger partial charge in [0.05, 0.1) is 5.69 Å². The van der Waals surface area contributed by atoms with Crippen molar-refractivity contribution in [1.82, 2.24) is 4.90 Å². The lowest BCUT2D eigenvalue weighted by molar-refractivity contribution is -0.148. The first-order valence-corrected chi connectivity index (χ1v) is 8.61. The quantitative estimate of drug-likeness (QED) is 0.719. The van der Waals surface area contributed by atoms with Gasteiger partial charge in [-0.25, -0.2) is 0 Å². The van der Waals surface area contributed by atoms with Crippen molar-refractivity contribution in [2.75, 3.05) is 11.4 Å². The Morgan fingerprint density at radius 2 is 1.95 bits per heavy atom. The van der Waals surface area contributed by atoms with Gasteiger partial charge in [-0.3, -0.25) is 14.5 Å². The molecule has 0 aromatic heterocycles. The predicted molar refractivity (Wildman–Crippen MR) is 90.1 cm³/mol. The average molecular weight is 398 g/mol. The first-order valence-electron chi connectivity index (χ1n) is 7.53. The molecule has 5 heteroatoms. The average Bonchev–Trinajstić information content (AvgIpc) is 2.51. The number of hydrogen-bond donors (Lipinski definition) is 0. The second kappa shape index (κ2) is 5.94. The first-order chi connectivity index (χ1) is 10.1. The van der Waals surface area contributed by atoms with E-state index >= 15 is 0 Å². The Morgan fingerprint density at radius 3 is 2.67 bits per heavy atom. The number of fused-ring (bicyclic) bond motifs is 1. The molecule has 2 unspecified atom stereocenters. The highest BCUT2D eigenvalue weighted by molar-refractivity contribution is 14.1. The standard InChI is InChI=1S/C16H19IN2O2/c1-2-12-15(20)18-10-6-5-9-14(18)16(21)19(12)13-8-4-3-7-11(13)17/h3-4,7-8,12,14H,2,5-6,9-10H2,1H3. The number of carbonyl (C=O) groups is 2. The van der Waals surface area contributed by atoms with Crippen molar-refractivity contribution >= 4 is 40.1 Å². The topological polar surface area (TPSA) is 40.6 Å². The summed E-state index contributed by atoms with van der Waals surface area (Å²) in [6, 6.07) is 7.18. The maximum atomic E-state index is 13.0. The van der Waals surface area contributed by atoms with Crippen LogP contribution in [0.4, 0.5) is 5.69 Å². The van der Waals surface area contributed by atoms with Gasteiger partial charge in [0, 0.05) is 10.1 Å². The van der Waals surface area contributed by atoms with Gasteiger partial charge < -0.3 is 4.90 Å². The molecule has 2 atom stereocenters. The summed E-state index contributed by atoms with van der Waals surface area (Å²) in [7, 11) is 0. The lowest BCUT2D eigenvalue weighted by Crippen LogP contribution is -2.66. The smallest absolute Gasteiger partial charge is 0.250 e. The lowest BCUT2D eigenvalue weighted by atomic mass is 9.94. The number of piperazine rings is 1. The molecule has 2 aliphatic rings. The molecule has 0 radical (unpaired) electrons. The molecule has 21 heavy (non-hydrogen) atoms. The monoisotopic (exact) mass is 398 g/mol. The van der Waals surface area contributed by atoms with Crippen molar-refractivity contribution in [3.05, 3.63) is 27.8 Å². The van der Waals surface area contributed by atoms with E-state index in [1.807, 2.05) is 36.1 Å². The summed E-state index contributed by atoms with van der Waals surface area (Å²) in [6.07, 6.45) is 3.48. The van der Waals surface area contributed by atoms with E-state index in [9.17, 15) is 9.59 Å².